The van der Waals surface area contributed by atoms with Gasteiger partial charge in [0.1, 0.15) is 11.4 Å². The van der Waals surface area contributed by atoms with Gasteiger partial charge in [-0.3, -0.25) is 14.4 Å². The summed E-state index contributed by atoms with van der Waals surface area (Å²) in [5, 5.41) is 6.71. The summed E-state index contributed by atoms with van der Waals surface area (Å²) in [5.41, 5.74) is 0.937. The topological polar surface area (TPSA) is 114 Å². The molecule has 0 unspecified atom stereocenters. The first-order valence-electron chi connectivity index (χ1n) is 10.0. The second-order valence-corrected chi connectivity index (χ2v) is 9.19. The number of hydrogen-bond donors (Lipinski definition) is 1. The van der Waals surface area contributed by atoms with E-state index in [1.807, 2.05) is 23.1 Å². The number of esters is 1. The molecule has 1 N–H and O–H groups in total. The Morgan fingerprint density at radius 1 is 1.13 bits per heavy atom. The smallest absolute Gasteiger partial charge is 0.343 e. The highest BCUT2D eigenvalue weighted by molar-refractivity contribution is 7.88. The summed E-state index contributed by atoms with van der Waals surface area (Å²) in [6.07, 6.45) is 1.35. The van der Waals surface area contributed by atoms with Crippen LogP contribution in [-0.4, -0.2) is 78.6 Å². The molecule has 0 spiro atoms. The summed E-state index contributed by atoms with van der Waals surface area (Å²) in [6.45, 7) is 3.53. The van der Waals surface area contributed by atoms with Crippen molar-refractivity contribution in [2.45, 2.75) is 12.7 Å². The quantitative estimate of drug-likeness (QED) is 0.590. The largest absolute Gasteiger partial charge is 0.462 e. The van der Waals surface area contributed by atoms with E-state index in [0.29, 0.717) is 26.2 Å². The van der Waals surface area contributed by atoms with E-state index in [-0.39, 0.29) is 36.2 Å². The number of carbonyl (C=O) groups excluding carboxylic acids is 2. The number of carbonyl (C=O) groups is 2. The Balaban J connectivity index is 1.53. The van der Waals surface area contributed by atoms with Gasteiger partial charge in [0.15, 0.2) is 0 Å². The highest BCUT2D eigenvalue weighted by Crippen LogP contribution is 2.16. The third kappa shape index (κ3) is 5.90. The van der Waals surface area contributed by atoms with Gasteiger partial charge in [0, 0.05) is 33.2 Å². The predicted molar refractivity (Wildman–Crippen MR) is 115 cm³/mol. The molecule has 2 aromatic rings. The molecule has 10 nitrogen and oxygen atoms in total. The first-order valence-corrected chi connectivity index (χ1v) is 11.6. The van der Waals surface area contributed by atoms with Crippen LogP contribution in [0.25, 0.3) is 0 Å². The van der Waals surface area contributed by atoms with Gasteiger partial charge >= 0.3 is 5.97 Å². The number of sulfonamides is 1. The Morgan fingerprint density at radius 2 is 1.81 bits per heavy atom. The number of rotatable bonds is 8. The molecule has 0 aliphatic carbocycles. The van der Waals surface area contributed by atoms with Gasteiger partial charge in [0.05, 0.1) is 25.1 Å². The van der Waals surface area contributed by atoms with Crippen molar-refractivity contribution in [2.24, 2.45) is 7.05 Å². The molecule has 11 heteroatoms. The van der Waals surface area contributed by atoms with E-state index in [4.69, 9.17) is 4.74 Å². The van der Waals surface area contributed by atoms with Gasteiger partial charge in [-0.2, -0.15) is 9.40 Å². The lowest BCUT2D eigenvalue weighted by molar-refractivity contribution is -0.117. The summed E-state index contributed by atoms with van der Waals surface area (Å²) < 4.78 is 33.2. The molecular formula is C20H27N5O5S. The van der Waals surface area contributed by atoms with Crippen LogP contribution in [0.5, 0.6) is 0 Å². The minimum atomic E-state index is -3.41. The van der Waals surface area contributed by atoms with E-state index >= 15 is 0 Å². The Kier molecular flexibility index (Phi) is 7.42. The van der Waals surface area contributed by atoms with Crippen molar-refractivity contribution in [3.05, 3.63) is 47.7 Å². The van der Waals surface area contributed by atoms with E-state index in [1.54, 1.807) is 26.1 Å². The molecule has 1 saturated heterocycles. The number of nitrogens with zero attached hydrogens (tertiary/aromatic N) is 4. The van der Waals surface area contributed by atoms with Crippen LogP contribution in [0.4, 0.5) is 5.82 Å². The summed E-state index contributed by atoms with van der Waals surface area (Å²) in [6, 6.07) is 9.07. The Morgan fingerprint density at radius 3 is 2.45 bits per heavy atom. The van der Waals surface area contributed by atoms with Crippen molar-refractivity contribution in [1.29, 1.82) is 0 Å². The molecule has 0 bridgehead atoms. The number of anilines is 1. The van der Waals surface area contributed by atoms with Gasteiger partial charge in [0.25, 0.3) is 0 Å². The first kappa shape index (κ1) is 22.9. The average molecular weight is 450 g/mol. The average Bonchev–Trinajstić information content (AvgIpc) is 3.09. The van der Waals surface area contributed by atoms with E-state index in [9.17, 15) is 18.0 Å². The minimum Gasteiger partial charge on any atom is -0.462 e. The fraction of sp³-hybridized carbons (Fsp3) is 0.450. The van der Waals surface area contributed by atoms with Crippen LogP contribution in [0.1, 0.15) is 22.8 Å². The Bertz CT molecular complexity index is 1010. The molecule has 1 fully saturated rings. The zero-order valence-corrected chi connectivity index (χ0v) is 18.5. The molecular weight excluding hydrogens is 422 g/mol. The van der Waals surface area contributed by atoms with Crippen molar-refractivity contribution in [3.63, 3.8) is 0 Å². The fourth-order valence-electron chi connectivity index (χ4n) is 3.36. The normalized spacial score (nSPS) is 15.5. The molecule has 1 aliphatic heterocycles. The van der Waals surface area contributed by atoms with E-state index in [0.717, 1.165) is 5.56 Å². The number of amides is 1. The minimum absolute atomic E-state index is 0.0363. The van der Waals surface area contributed by atoms with Gasteiger partial charge in [0.2, 0.25) is 15.9 Å². The molecule has 1 aliphatic rings. The number of aromatic nitrogens is 2. The van der Waals surface area contributed by atoms with Crippen LogP contribution in [0.15, 0.2) is 36.5 Å². The summed E-state index contributed by atoms with van der Waals surface area (Å²) in [4.78, 5) is 26.4. The number of piperazine rings is 1. The maximum Gasteiger partial charge on any atom is 0.343 e. The zero-order valence-electron chi connectivity index (χ0n) is 17.7. The number of aryl methyl sites for hydroxylation is 1. The van der Waals surface area contributed by atoms with E-state index in [1.165, 1.54) is 15.2 Å². The lowest BCUT2D eigenvalue weighted by Crippen LogP contribution is -2.50. The van der Waals surface area contributed by atoms with Crippen LogP contribution in [-0.2, 0) is 32.4 Å². The molecule has 31 heavy (non-hydrogen) atoms. The van der Waals surface area contributed by atoms with Crippen LogP contribution in [0.3, 0.4) is 0 Å². The monoisotopic (exact) mass is 449 g/mol. The number of benzene rings is 1. The van der Waals surface area contributed by atoms with Gasteiger partial charge in [-0.05, 0) is 12.5 Å². The van der Waals surface area contributed by atoms with Crippen LogP contribution in [0.2, 0.25) is 0 Å². The molecule has 1 amide bonds. The van der Waals surface area contributed by atoms with Gasteiger partial charge in [-0.1, -0.05) is 30.3 Å². The van der Waals surface area contributed by atoms with Crippen molar-refractivity contribution in [3.8, 4) is 0 Å². The van der Waals surface area contributed by atoms with Crippen molar-refractivity contribution < 1.29 is 22.7 Å². The molecule has 1 aromatic carbocycles. The molecule has 1 aromatic heterocycles. The molecule has 168 valence electrons. The highest BCUT2D eigenvalue weighted by atomic mass is 32.2. The van der Waals surface area contributed by atoms with Crippen LogP contribution >= 0.6 is 0 Å². The first-order chi connectivity index (χ1) is 14.8. The second-order valence-electron chi connectivity index (χ2n) is 7.22. The van der Waals surface area contributed by atoms with Crippen molar-refractivity contribution >= 4 is 27.7 Å². The zero-order chi connectivity index (χ0) is 22.4. The van der Waals surface area contributed by atoms with Gasteiger partial charge in [-0.25, -0.2) is 13.2 Å². The number of hydrogen-bond acceptors (Lipinski definition) is 7. The summed E-state index contributed by atoms with van der Waals surface area (Å²) >= 11 is 0. The lowest BCUT2D eigenvalue weighted by Gasteiger charge is -2.33. The van der Waals surface area contributed by atoms with Crippen LogP contribution in [0, 0.1) is 0 Å². The third-order valence-electron chi connectivity index (χ3n) is 4.98. The lowest BCUT2D eigenvalue weighted by atomic mass is 10.2. The maximum atomic E-state index is 12.7. The second kappa shape index (κ2) is 10.0. The van der Waals surface area contributed by atoms with Crippen molar-refractivity contribution in [1.82, 2.24) is 19.0 Å². The standard InChI is InChI=1S/C20H27N5O5S/c1-3-30-20(27)17-13-21-23(2)19(17)22-18(26)14-24-9-11-25(12-10-24)31(28,29)15-16-7-5-4-6-8-16/h4-8,13H,3,9-12,14-15H2,1-2H3,(H,22,26). The number of nitrogens with one attached hydrogen (secondary N) is 1. The van der Waals surface area contributed by atoms with Crippen molar-refractivity contribution in [2.75, 3.05) is 44.6 Å². The highest BCUT2D eigenvalue weighted by Gasteiger charge is 2.28. The van der Waals surface area contributed by atoms with Crippen LogP contribution < -0.4 is 5.32 Å². The molecule has 3 rings (SSSR count). The number of ether oxygens (including phenoxy) is 1. The fourth-order valence-corrected chi connectivity index (χ4v) is 4.88. The molecule has 2 heterocycles. The van der Waals surface area contributed by atoms with E-state index < -0.39 is 16.0 Å². The van der Waals surface area contributed by atoms with E-state index in [2.05, 4.69) is 10.4 Å². The summed E-state index contributed by atoms with van der Waals surface area (Å²) in [7, 11) is -1.79. The van der Waals surface area contributed by atoms with Gasteiger partial charge in [-0.15, -0.1) is 0 Å². The molecule has 0 radical (unpaired) electrons. The summed E-state index contributed by atoms with van der Waals surface area (Å²) in [5.74, 6) is -0.628. The van der Waals surface area contributed by atoms with Gasteiger partial charge < -0.3 is 10.1 Å². The maximum absolute atomic E-state index is 12.7. The predicted octanol–water partition coefficient (Wildman–Crippen LogP) is 0.683. The SMILES string of the molecule is CCOC(=O)c1cnn(C)c1NC(=O)CN1CCN(S(=O)(=O)Cc2ccccc2)CC1. The molecule has 0 saturated carbocycles. The molecule has 0 atom stereocenters. The Hall–Kier alpha value is -2.76. The Labute approximate surface area is 181 Å². The third-order valence-corrected chi connectivity index (χ3v) is 6.83.